The number of amides is 1. The molecule has 7 nitrogen and oxygen atoms in total. The highest BCUT2D eigenvalue weighted by atomic mass is 32.2. The van der Waals surface area contributed by atoms with Crippen LogP contribution in [0.15, 0.2) is 12.1 Å². The number of fused-ring (bicyclic) bond motifs is 1. The molecule has 1 fully saturated rings. The van der Waals surface area contributed by atoms with Crippen molar-refractivity contribution in [3.05, 3.63) is 23.3 Å². The van der Waals surface area contributed by atoms with Crippen molar-refractivity contribution in [3.8, 4) is 11.5 Å². The van der Waals surface area contributed by atoms with Crippen LogP contribution in [0.1, 0.15) is 56.1 Å². The van der Waals surface area contributed by atoms with Crippen LogP contribution in [0.3, 0.4) is 0 Å². The van der Waals surface area contributed by atoms with E-state index < -0.39 is 10.0 Å². The van der Waals surface area contributed by atoms with Crippen molar-refractivity contribution in [1.29, 1.82) is 0 Å². The van der Waals surface area contributed by atoms with Gasteiger partial charge in [-0.2, -0.15) is 4.31 Å². The Morgan fingerprint density at radius 1 is 1.10 bits per heavy atom. The van der Waals surface area contributed by atoms with Gasteiger partial charge in [0.2, 0.25) is 15.9 Å². The summed E-state index contributed by atoms with van der Waals surface area (Å²) >= 11 is 0. The van der Waals surface area contributed by atoms with E-state index in [2.05, 4.69) is 5.32 Å². The second kappa shape index (κ2) is 10.5. The topological polar surface area (TPSA) is 84.9 Å². The number of nitrogens with zero attached hydrogens (tertiary/aromatic N) is 1. The number of carbonyl (C=O) groups excluding carboxylic acids is 1. The maximum absolute atomic E-state index is 12.8. The highest BCUT2D eigenvalue weighted by molar-refractivity contribution is 7.89. The van der Waals surface area contributed by atoms with Gasteiger partial charge in [-0.1, -0.05) is 32.1 Å². The third-order valence-corrected chi connectivity index (χ3v) is 8.08. The first kappa shape index (κ1) is 22.9. The molecule has 1 aliphatic carbocycles. The van der Waals surface area contributed by atoms with Crippen molar-refractivity contribution in [1.82, 2.24) is 9.62 Å². The van der Waals surface area contributed by atoms with E-state index in [0.717, 1.165) is 17.5 Å². The molecule has 0 spiro atoms. The van der Waals surface area contributed by atoms with Gasteiger partial charge in [-0.25, -0.2) is 8.42 Å². The van der Waals surface area contributed by atoms with E-state index >= 15 is 0 Å². The largest absolute Gasteiger partial charge is 0.493 e. The summed E-state index contributed by atoms with van der Waals surface area (Å²) < 4.78 is 37.7. The third kappa shape index (κ3) is 5.88. The quantitative estimate of drug-likeness (QED) is 0.641. The van der Waals surface area contributed by atoms with Gasteiger partial charge in [0, 0.05) is 26.1 Å². The average Bonchev–Trinajstić information content (AvgIpc) is 2.76. The molecule has 0 bridgehead atoms. The number of sulfonamides is 1. The Hall–Kier alpha value is -1.80. The molecule has 1 heterocycles. The molecule has 0 aromatic heterocycles. The second-order valence-corrected chi connectivity index (χ2v) is 10.4. The smallest absolute Gasteiger partial charge is 0.220 e. The van der Waals surface area contributed by atoms with Crippen molar-refractivity contribution < 1.29 is 22.7 Å². The SMILES string of the molecule is COc1cc2c(cc1OC)CN(S(=O)(=O)CCNC(=O)CCC1CCCCC1)CC2. The molecule has 1 aromatic rings. The van der Waals surface area contributed by atoms with Crippen LogP contribution in [0.2, 0.25) is 0 Å². The molecule has 1 saturated carbocycles. The fourth-order valence-electron chi connectivity index (χ4n) is 4.44. The van der Waals surface area contributed by atoms with Crippen LogP contribution < -0.4 is 14.8 Å². The standard InChI is InChI=1S/C22H34N2O5S/c1-28-20-14-18-10-12-24(16-19(18)15-21(20)29-2)30(26,27)13-11-23-22(25)9-8-17-6-4-3-5-7-17/h14-15,17H,3-13,16H2,1-2H3,(H,23,25). The summed E-state index contributed by atoms with van der Waals surface area (Å²) in [5.41, 5.74) is 2.01. The Bertz CT molecular complexity index is 834. The van der Waals surface area contributed by atoms with Gasteiger partial charge in [0.05, 0.1) is 20.0 Å². The minimum absolute atomic E-state index is 0.0448. The van der Waals surface area contributed by atoms with Gasteiger partial charge in [0.15, 0.2) is 11.5 Å². The molecule has 30 heavy (non-hydrogen) atoms. The molecule has 1 aliphatic heterocycles. The Kier molecular flexibility index (Phi) is 7.99. The summed E-state index contributed by atoms with van der Waals surface area (Å²) in [6.07, 6.45) is 8.30. The van der Waals surface area contributed by atoms with Gasteiger partial charge in [-0.3, -0.25) is 4.79 Å². The highest BCUT2D eigenvalue weighted by Gasteiger charge is 2.28. The second-order valence-electron chi connectivity index (χ2n) is 8.27. The number of hydrogen-bond donors (Lipinski definition) is 1. The van der Waals surface area contributed by atoms with Gasteiger partial charge < -0.3 is 14.8 Å². The van der Waals surface area contributed by atoms with Gasteiger partial charge in [0.25, 0.3) is 0 Å². The molecule has 1 aromatic carbocycles. The number of ether oxygens (including phenoxy) is 2. The van der Waals surface area contributed by atoms with Crippen molar-refractivity contribution in [2.75, 3.05) is 33.1 Å². The first-order valence-electron chi connectivity index (χ1n) is 10.9. The van der Waals surface area contributed by atoms with Gasteiger partial charge in [-0.05, 0) is 42.0 Å². The van der Waals surface area contributed by atoms with E-state index in [-0.39, 0.29) is 18.2 Å². The van der Waals surface area contributed by atoms with Crippen LogP contribution in [0.4, 0.5) is 0 Å². The lowest BCUT2D eigenvalue weighted by molar-refractivity contribution is -0.121. The van der Waals surface area contributed by atoms with E-state index in [1.165, 1.54) is 36.4 Å². The molecule has 0 saturated heterocycles. The maximum Gasteiger partial charge on any atom is 0.220 e. The molecule has 0 radical (unpaired) electrons. The number of rotatable bonds is 9. The van der Waals surface area contributed by atoms with E-state index in [1.807, 2.05) is 12.1 Å². The van der Waals surface area contributed by atoms with Crippen LogP contribution in [0, 0.1) is 5.92 Å². The van der Waals surface area contributed by atoms with E-state index in [0.29, 0.717) is 43.3 Å². The molecular weight excluding hydrogens is 404 g/mol. The van der Waals surface area contributed by atoms with Crippen molar-refractivity contribution in [2.24, 2.45) is 5.92 Å². The molecule has 8 heteroatoms. The van der Waals surface area contributed by atoms with E-state index in [9.17, 15) is 13.2 Å². The molecule has 168 valence electrons. The zero-order chi connectivity index (χ0) is 21.6. The third-order valence-electron chi connectivity index (χ3n) is 6.26. The molecule has 0 atom stereocenters. The molecule has 2 aliphatic rings. The Balaban J connectivity index is 1.48. The average molecular weight is 439 g/mol. The zero-order valence-corrected chi connectivity index (χ0v) is 18.9. The van der Waals surface area contributed by atoms with Crippen molar-refractivity contribution in [3.63, 3.8) is 0 Å². The first-order chi connectivity index (χ1) is 14.4. The van der Waals surface area contributed by atoms with Crippen LogP contribution in [-0.2, 0) is 27.8 Å². The van der Waals surface area contributed by atoms with Crippen LogP contribution in [0.5, 0.6) is 11.5 Å². The fourth-order valence-corrected chi connectivity index (χ4v) is 5.77. The summed E-state index contributed by atoms with van der Waals surface area (Å²) in [7, 11) is -0.287. The summed E-state index contributed by atoms with van der Waals surface area (Å²) in [5, 5.41) is 2.79. The lowest BCUT2D eigenvalue weighted by atomic mass is 9.86. The first-order valence-corrected chi connectivity index (χ1v) is 12.5. The fraction of sp³-hybridized carbons (Fsp3) is 0.682. The molecule has 1 N–H and O–H groups in total. The molecule has 1 amide bonds. The summed E-state index contributed by atoms with van der Waals surface area (Å²) in [6, 6.07) is 3.77. The molecule has 3 rings (SSSR count). The number of hydrogen-bond acceptors (Lipinski definition) is 5. The molecule has 0 unspecified atom stereocenters. The zero-order valence-electron chi connectivity index (χ0n) is 18.1. The Morgan fingerprint density at radius 2 is 1.77 bits per heavy atom. The number of methoxy groups -OCH3 is 2. The van der Waals surface area contributed by atoms with E-state index in [4.69, 9.17) is 9.47 Å². The van der Waals surface area contributed by atoms with Gasteiger partial charge in [-0.15, -0.1) is 0 Å². The summed E-state index contributed by atoms with van der Waals surface area (Å²) in [6.45, 7) is 0.898. The molecular formula is C22H34N2O5S. The number of carbonyl (C=O) groups is 1. The number of nitrogens with one attached hydrogen (secondary N) is 1. The monoisotopic (exact) mass is 438 g/mol. The lowest BCUT2D eigenvalue weighted by Gasteiger charge is -2.29. The number of benzene rings is 1. The van der Waals surface area contributed by atoms with Crippen LogP contribution in [-0.4, -0.2) is 51.7 Å². The maximum atomic E-state index is 12.8. The summed E-state index contributed by atoms with van der Waals surface area (Å²) in [5.74, 6) is 1.78. The minimum Gasteiger partial charge on any atom is -0.493 e. The lowest BCUT2D eigenvalue weighted by Crippen LogP contribution is -2.40. The Labute approximate surface area is 180 Å². The normalized spacial score (nSPS) is 17.9. The van der Waals surface area contributed by atoms with Gasteiger partial charge in [0.1, 0.15) is 0 Å². The predicted octanol–water partition coefficient (Wildman–Crippen LogP) is 2.87. The predicted molar refractivity (Wildman–Crippen MR) is 116 cm³/mol. The van der Waals surface area contributed by atoms with Crippen LogP contribution in [0.25, 0.3) is 0 Å². The summed E-state index contributed by atoms with van der Waals surface area (Å²) in [4.78, 5) is 12.1. The van der Waals surface area contributed by atoms with Crippen molar-refractivity contribution >= 4 is 15.9 Å². The minimum atomic E-state index is -3.45. The highest BCUT2D eigenvalue weighted by Crippen LogP contribution is 2.33. The van der Waals surface area contributed by atoms with Gasteiger partial charge >= 0.3 is 0 Å². The van der Waals surface area contributed by atoms with Crippen molar-refractivity contribution in [2.45, 2.75) is 57.9 Å². The van der Waals surface area contributed by atoms with E-state index in [1.54, 1.807) is 14.2 Å². The Morgan fingerprint density at radius 3 is 2.43 bits per heavy atom. The van der Waals surface area contributed by atoms with Crippen LogP contribution >= 0.6 is 0 Å².